The van der Waals surface area contributed by atoms with Gasteiger partial charge in [-0.25, -0.2) is 9.78 Å². The molecule has 0 aliphatic heterocycles. The molecule has 28 heavy (non-hydrogen) atoms. The predicted molar refractivity (Wildman–Crippen MR) is 108 cm³/mol. The van der Waals surface area contributed by atoms with Crippen LogP contribution in [0.2, 0.25) is 5.02 Å². The van der Waals surface area contributed by atoms with Crippen LogP contribution in [-0.4, -0.2) is 25.6 Å². The number of para-hydroxylation sites is 1. The number of phenols is 1. The molecule has 0 amide bonds. The van der Waals surface area contributed by atoms with Gasteiger partial charge in [-0.05, 0) is 42.0 Å². The molecule has 0 bridgehead atoms. The van der Waals surface area contributed by atoms with Gasteiger partial charge < -0.3 is 15.5 Å². The number of nitrogens with zero attached hydrogens (tertiary/aromatic N) is 2. The van der Waals surface area contributed by atoms with Crippen LogP contribution in [0.3, 0.4) is 0 Å². The lowest BCUT2D eigenvalue weighted by Crippen LogP contribution is -2.05. The van der Waals surface area contributed by atoms with Crippen molar-refractivity contribution in [3.8, 4) is 17.0 Å². The summed E-state index contributed by atoms with van der Waals surface area (Å²) in [6.45, 7) is 0.451. The minimum Gasteiger partial charge on any atom is -0.507 e. The van der Waals surface area contributed by atoms with Crippen LogP contribution >= 0.6 is 11.6 Å². The summed E-state index contributed by atoms with van der Waals surface area (Å²) in [5.41, 5.74) is 2.75. The van der Waals surface area contributed by atoms with Gasteiger partial charge in [0, 0.05) is 23.3 Å². The first kappa shape index (κ1) is 17.9. The molecular formula is C21H16ClN3O3. The molecule has 2 heterocycles. The van der Waals surface area contributed by atoms with Gasteiger partial charge in [-0.2, -0.15) is 0 Å². The quantitative estimate of drug-likeness (QED) is 0.458. The third kappa shape index (κ3) is 3.37. The van der Waals surface area contributed by atoms with E-state index in [-0.39, 0.29) is 11.3 Å². The first-order chi connectivity index (χ1) is 13.5. The zero-order chi connectivity index (χ0) is 19.7. The molecule has 0 radical (unpaired) electrons. The summed E-state index contributed by atoms with van der Waals surface area (Å²) in [5, 5.41) is 23.6. The molecule has 0 spiro atoms. The molecule has 0 fully saturated rings. The Morgan fingerprint density at radius 2 is 1.93 bits per heavy atom. The molecule has 0 aliphatic rings. The molecule has 0 atom stereocenters. The fourth-order valence-electron chi connectivity index (χ4n) is 3.03. The standard InChI is InChI=1S/C21H16ClN3O3/c22-15-5-3-4-13(10-15)11-23-20-19(16-6-1-2-7-17(16)26)24-18-9-8-14(21(27)28)12-25(18)20/h1-10,12,23,26H,11H2,(H,27,28). The lowest BCUT2D eigenvalue weighted by molar-refractivity contribution is 0.0696. The van der Waals surface area contributed by atoms with E-state index in [1.54, 1.807) is 34.7 Å². The van der Waals surface area contributed by atoms with E-state index in [9.17, 15) is 15.0 Å². The summed E-state index contributed by atoms with van der Waals surface area (Å²) in [6.07, 6.45) is 1.51. The van der Waals surface area contributed by atoms with Crippen molar-refractivity contribution in [1.29, 1.82) is 0 Å². The molecule has 140 valence electrons. The van der Waals surface area contributed by atoms with E-state index in [0.717, 1.165) is 5.56 Å². The topological polar surface area (TPSA) is 86.9 Å². The van der Waals surface area contributed by atoms with Gasteiger partial charge in [-0.15, -0.1) is 0 Å². The second-order valence-electron chi connectivity index (χ2n) is 6.26. The number of fused-ring (bicyclic) bond motifs is 1. The third-order valence-electron chi connectivity index (χ3n) is 4.37. The van der Waals surface area contributed by atoms with Crippen molar-refractivity contribution in [2.24, 2.45) is 0 Å². The number of aromatic carboxylic acids is 1. The number of halogens is 1. The van der Waals surface area contributed by atoms with Crippen LogP contribution in [0.15, 0.2) is 66.9 Å². The molecule has 4 aromatic rings. The molecule has 0 saturated heterocycles. The number of aromatic hydroxyl groups is 1. The molecular weight excluding hydrogens is 378 g/mol. The molecule has 6 nitrogen and oxygen atoms in total. The van der Waals surface area contributed by atoms with E-state index in [4.69, 9.17) is 11.6 Å². The van der Waals surface area contributed by atoms with Crippen molar-refractivity contribution in [1.82, 2.24) is 9.38 Å². The van der Waals surface area contributed by atoms with Crippen molar-refractivity contribution in [2.45, 2.75) is 6.54 Å². The van der Waals surface area contributed by atoms with E-state index >= 15 is 0 Å². The highest BCUT2D eigenvalue weighted by Gasteiger charge is 2.18. The number of phenolic OH excluding ortho intramolecular Hbond substituents is 1. The summed E-state index contributed by atoms with van der Waals surface area (Å²) >= 11 is 6.06. The Hall–Kier alpha value is -3.51. The smallest absolute Gasteiger partial charge is 0.337 e. The minimum absolute atomic E-state index is 0.0927. The van der Waals surface area contributed by atoms with Gasteiger partial charge >= 0.3 is 5.97 Å². The summed E-state index contributed by atoms with van der Waals surface area (Å²) < 4.78 is 1.68. The van der Waals surface area contributed by atoms with Crippen molar-refractivity contribution in [3.63, 3.8) is 0 Å². The Morgan fingerprint density at radius 3 is 2.68 bits per heavy atom. The maximum Gasteiger partial charge on any atom is 0.337 e. The van der Waals surface area contributed by atoms with Crippen molar-refractivity contribution < 1.29 is 15.0 Å². The van der Waals surface area contributed by atoms with E-state index in [1.807, 2.05) is 24.3 Å². The van der Waals surface area contributed by atoms with E-state index in [2.05, 4.69) is 10.3 Å². The first-order valence-electron chi connectivity index (χ1n) is 8.55. The van der Waals surface area contributed by atoms with Gasteiger partial charge in [0.25, 0.3) is 0 Å². The van der Waals surface area contributed by atoms with Crippen LogP contribution < -0.4 is 5.32 Å². The van der Waals surface area contributed by atoms with E-state index in [0.29, 0.717) is 34.3 Å². The van der Waals surface area contributed by atoms with Gasteiger partial charge in [0.2, 0.25) is 0 Å². The Balaban J connectivity index is 1.84. The summed E-state index contributed by atoms with van der Waals surface area (Å²) in [6, 6.07) is 17.5. The molecule has 3 N–H and O–H groups in total. The number of nitrogens with one attached hydrogen (secondary N) is 1. The number of carboxylic acids is 1. The van der Waals surface area contributed by atoms with Crippen LogP contribution in [0, 0.1) is 0 Å². The number of pyridine rings is 1. The third-order valence-corrected chi connectivity index (χ3v) is 4.61. The highest BCUT2D eigenvalue weighted by atomic mass is 35.5. The normalized spacial score (nSPS) is 10.9. The highest BCUT2D eigenvalue weighted by molar-refractivity contribution is 6.30. The molecule has 0 unspecified atom stereocenters. The van der Waals surface area contributed by atoms with Crippen molar-refractivity contribution in [3.05, 3.63) is 83.0 Å². The number of benzene rings is 2. The average Bonchev–Trinajstić information content (AvgIpc) is 3.04. The lowest BCUT2D eigenvalue weighted by atomic mass is 10.1. The highest BCUT2D eigenvalue weighted by Crippen LogP contribution is 2.34. The number of imidazole rings is 1. The molecule has 2 aromatic carbocycles. The van der Waals surface area contributed by atoms with E-state index in [1.165, 1.54) is 12.3 Å². The average molecular weight is 394 g/mol. The summed E-state index contributed by atoms with van der Waals surface area (Å²) in [7, 11) is 0. The fourth-order valence-corrected chi connectivity index (χ4v) is 3.25. The number of aromatic nitrogens is 2. The predicted octanol–water partition coefficient (Wildman–Crippen LogP) is 4.67. The fraction of sp³-hybridized carbons (Fsp3) is 0.0476. The number of hydrogen-bond donors (Lipinski definition) is 3. The molecule has 2 aromatic heterocycles. The van der Waals surface area contributed by atoms with Crippen LogP contribution in [0.1, 0.15) is 15.9 Å². The van der Waals surface area contributed by atoms with Crippen LogP contribution in [0.4, 0.5) is 5.82 Å². The SMILES string of the molecule is O=C(O)c1ccc2nc(-c3ccccc3O)c(NCc3cccc(Cl)c3)n2c1. The first-order valence-corrected chi connectivity index (χ1v) is 8.93. The Kier molecular flexibility index (Phi) is 4.63. The van der Waals surface area contributed by atoms with Crippen LogP contribution in [0.5, 0.6) is 5.75 Å². The number of carboxylic acid groups (broad SMARTS) is 1. The van der Waals surface area contributed by atoms with Crippen molar-refractivity contribution >= 4 is 29.0 Å². The minimum atomic E-state index is -1.03. The maximum atomic E-state index is 11.4. The molecule has 0 aliphatic carbocycles. The summed E-state index contributed by atoms with van der Waals surface area (Å²) in [4.78, 5) is 16.0. The number of hydrogen-bond acceptors (Lipinski definition) is 4. The van der Waals surface area contributed by atoms with Crippen LogP contribution in [0.25, 0.3) is 16.9 Å². The van der Waals surface area contributed by atoms with Gasteiger partial charge in [0.05, 0.1) is 5.56 Å². The Bertz CT molecular complexity index is 1190. The second kappa shape index (κ2) is 7.25. The lowest BCUT2D eigenvalue weighted by Gasteiger charge is -2.10. The van der Waals surface area contributed by atoms with Gasteiger partial charge in [-0.3, -0.25) is 4.40 Å². The zero-order valence-corrected chi connectivity index (χ0v) is 15.4. The second-order valence-corrected chi connectivity index (χ2v) is 6.70. The maximum absolute atomic E-state index is 11.4. The zero-order valence-electron chi connectivity index (χ0n) is 14.6. The van der Waals surface area contributed by atoms with Gasteiger partial charge in [-0.1, -0.05) is 35.9 Å². The Morgan fingerprint density at radius 1 is 1.11 bits per heavy atom. The number of carbonyl (C=O) groups is 1. The molecule has 7 heteroatoms. The summed E-state index contributed by atoms with van der Waals surface area (Å²) in [5.74, 6) is -0.352. The molecule has 0 saturated carbocycles. The van der Waals surface area contributed by atoms with Crippen LogP contribution in [-0.2, 0) is 6.54 Å². The van der Waals surface area contributed by atoms with Gasteiger partial charge in [0.15, 0.2) is 0 Å². The monoisotopic (exact) mass is 393 g/mol. The van der Waals surface area contributed by atoms with Crippen molar-refractivity contribution in [2.75, 3.05) is 5.32 Å². The number of rotatable bonds is 5. The Labute approximate surface area is 165 Å². The number of anilines is 1. The molecule has 4 rings (SSSR count). The van der Waals surface area contributed by atoms with Gasteiger partial charge in [0.1, 0.15) is 22.9 Å². The largest absolute Gasteiger partial charge is 0.507 e. The van der Waals surface area contributed by atoms with E-state index < -0.39 is 5.97 Å².